The van der Waals surface area contributed by atoms with Crippen LogP contribution in [-0.4, -0.2) is 33.5 Å². The largest absolute Gasteiger partial charge is 0.383 e. The maximum atomic E-state index is 6.12. The van der Waals surface area contributed by atoms with E-state index in [0.717, 1.165) is 13.0 Å². The summed E-state index contributed by atoms with van der Waals surface area (Å²) < 4.78 is 0. The van der Waals surface area contributed by atoms with Gasteiger partial charge in [0.15, 0.2) is 0 Å². The van der Waals surface area contributed by atoms with Gasteiger partial charge in [-0.25, -0.2) is 4.98 Å². The Morgan fingerprint density at radius 1 is 1.40 bits per heavy atom. The van der Waals surface area contributed by atoms with Crippen molar-refractivity contribution in [3.05, 3.63) is 23.9 Å². The van der Waals surface area contributed by atoms with Crippen LogP contribution < -0.4 is 11.1 Å². The Labute approximate surface area is 130 Å². The lowest BCUT2D eigenvalue weighted by Gasteiger charge is -2.37. The summed E-state index contributed by atoms with van der Waals surface area (Å²) in [4.78, 5) is 4.28. The number of hydrogen-bond acceptors (Lipinski definition) is 5. The number of anilines is 1. The monoisotopic (exact) mass is 311 g/mol. The second kappa shape index (κ2) is 8.15. The van der Waals surface area contributed by atoms with E-state index in [2.05, 4.69) is 53.7 Å². The minimum absolute atomic E-state index is 0.311. The van der Waals surface area contributed by atoms with Crippen LogP contribution >= 0.6 is 23.5 Å². The molecule has 2 heterocycles. The lowest BCUT2D eigenvalue weighted by Crippen LogP contribution is -2.39. The second-order valence-electron chi connectivity index (χ2n) is 5.06. The third kappa shape index (κ3) is 3.83. The quantitative estimate of drug-likeness (QED) is 0.844. The van der Waals surface area contributed by atoms with Crippen LogP contribution in [0.2, 0.25) is 0 Å². The summed E-state index contributed by atoms with van der Waals surface area (Å²) in [7, 11) is 0. The van der Waals surface area contributed by atoms with Crippen LogP contribution in [-0.2, 0) is 0 Å². The molecule has 112 valence electrons. The van der Waals surface area contributed by atoms with E-state index in [4.69, 9.17) is 5.73 Å². The lowest BCUT2D eigenvalue weighted by molar-refractivity contribution is 0.498. The van der Waals surface area contributed by atoms with Crippen molar-refractivity contribution in [3.8, 4) is 0 Å². The Bertz CT molecular complexity index is 414. The fourth-order valence-corrected chi connectivity index (χ4v) is 5.88. The highest BCUT2D eigenvalue weighted by molar-refractivity contribution is 8.07. The van der Waals surface area contributed by atoms with Crippen LogP contribution in [0.1, 0.15) is 38.3 Å². The van der Waals surface area contributed by atoms with E-state index < -0.39 is 0 Å². The Morgan fingerprint density at radius 2 is 2.20 bits per heavy atom. The van der Waals surface area contributed by atoms with Gasteiger partial charge in [-0.05, 0) is 25.5 Å². The number of nitrogen functional groups attached to an aromatic ring is 1. The summed E-state index contributed by atoms with van der Waals surface area (Å²) in [5.74, 6) is 3.17. The van der Waals surface area contributed by atoms with Gasteiger partial charge in [0, 0.05) is 39.8 Å². The van der Waals surface area contributed by atoms with E-state index in [-0.39, 0.29) is 0 Å². The topological polar surface area (TPSA) is 50.9 Å². The molecule has 3 atom stereocenters. The molecular formula is C15H25N3S2. The van der Waals surface area contributed by atoms with Gasteiger partial charge in [0.2, 0.25) is 0 Å². The predicted molar refractivity (Wildman–Crippen MR) is 92.5 cm³/mol. The molecule has 0 spiro atoms. The van der Waals surface area contributed by atoms with Gasteiger partial charge < -0.3 is 11.1 Å². The Kier molecular flexibility index (Phi) is 6.52. The van der Waals surface area contributed by atoms with Crippen molar-refractivity contribution in [2.75, 3.05) is 23.8 Å². The van der Waals surface area contributed by atoms with Gasteiger partial charge >= 0.3 is 0 Å². The molecule has 3 N–H and O–H groups in total. The van der Waals surface area contributed by atoms with Crippen molar-refractivity contribution in [2.24, 2.45) is 0 Å². The Balaban J connectivity index is 2.24. The van der Waals surface area contributed by atoms with E-state index in [9.17, 15) is 0 Å². The van der Waals surface area contributed by atoms with Gasteiger partial charge in [-0.3, -0.25) is 0 Å². The van der Waals surface area contributed by atoms with Crippen molar-refractivity contribution in [1.29, 1.82) is 0 Å². The van der Waals surface area contributed by atoms with Crippen LogP contribution in [0.4, 0.5) is 5.82 Å². The molecule has 1 aliphatic heterocycles. The van der Waals surface area contributed by atoms with Crippen molar-refractivity contribution in [1.82, 2.24) is 10.3 Å². The number of rotatable bonds is 6. The van der Waals surface area contributed by atoms with E-state index in [1.807, 2.05) is 6.07 Å². The molecule has 0 saturated carbocycles. The summed E-state index contributed by atoms with van der Waals surface area (Å²) in [5, 5.41) is 4.98. The molecule has 1 aromatic heterocycles. The zero-order valence-corrected chi connectivity index (χ0v) is 14.0. The maximum absolute atomic E-state index is 6.12. The fourth-order valence-electron chi connectivity index (χ4n) is 2.64. The van der Waals surface area contributed by atoms with Gasteiger partial charge in [0.1, 0.15) is 5.82 Å². The Hall–Kier alpha value is -0.390. The molecule has 2 rings (SSSR count). The summed E-state index contributed by atoms with van der Waals surface area (Å²) in [6.07, 6.45) is 4.13. The highest BCUT2D eigenvalue weighted by Crippen LogP contribution is 2.41. The average Bonchev–Trinajstić information content (AvgIpc) is 2.49. The standard InChI is InChI=1S/C15H25N3S2/c1-3-7-17-13(11-6-5-8-18-15(11)16)14-12(4-2)19-9-10-20-14/h5-6,8,12-14,17H,3-4,7,9-10H2,1-2H3,(H2,16,18). The maximum Gasteiger partial charge on any atom is 0.128 e. The Morgan fingerprint density at radius 3 is 2.90 bits per heavy atom. The predicted octanol–water partition coefficient (Wildman–Crippen LogP) is 3.33. The number of hydrogen-bond donors (Lipinski definition) is 2. The molecule has 0 amide bonds. The molecule has 1 aromatic rings. The van der Waals surface area contributed by atoms with Gasteiger partial charge in [-0.2, -0.15) is 23.5 Å². The molecule has 1 fully saturated rings. The molecule has 1 saturated heterocycles. The number of nitrogens with zero attached hydrogens (tertiary/aromatic N) is 1. The zero-order valence-electron chi connectivity index (χ0n) is 12.3. The lowest BCUT2D eigenvalue weighted by atomic mass is 10.0. The number of pyridine rings is 1. The van der Waals surface area contributed by atoms with Crippen molar-refractivity contribution >= 4 is 29.3 Å². The highest BCUT2D eigenvalue weighted by atomic mass is 32.2. The summed E-state index contributed by atoms with van der Waals surface area (Å²) >= 11 is 4.20. The third-order valence-corrected chi connectivity index (χ3v) is 6.99. The van der Waals surface area contributed by atoms with Crippen molar-refractivity contribution in [3.63, 3.8) is 0 Å². The van der Waals surface area contributed by atoms with E-state index >= 15 is 0 Å². The molecule has 3 nitrogen and oxygen atoms in total. The average molecular weight is 312 g/mol. The van der Waals surface area contributed by atoms with Gasteiger partial charge in [-0.15, -0.1) is 0 Å². The highest BCUT2D eigenvalue weighted by Gasteiger charge is 2.33. The second-order valence-corrected chi connectivity index (χ2v) is 7.70. The first kappa shape index (κ1) is 16.0. The van der Waals surface area contributed by atoms with Gasteiger partial charge in [-0.1, -0.05) is 19.9 Å². The van der Waals surface area contributed by atoms with Crippen LogP contribution in [0.15, 0.2) is 18.3 Å². The first-order chi connectivity index (χ1) is 9.77. The normalized spacial score (nSPS) is 24.5. The summed E-state index contributed by atoms with van der Waals surface area (Å²) in [6.45, 7) is 5.52. The summed E-state index contributed by atoms with van der Waals surface area (Å²) in [5.41, 5.74) is 7.29. The van der Waals surface area contributed by atoms with Gasteiger partial charge in [0.05, 0.1) is 0 Å². The smallest absolute Gasteiger partial charge is 0.128 e. The molecule has 20 heavy (non-hydrogen) atoms. The van der Waals surface area contributed by atoms with E-state index in [1.54, 1.807) is 6.20 Å². The molecule has 0 bridgehead atoms. The van der Waals surface area contributed by atoms with Gasteiger partial charge in [0.25, 0.3) is 0 Å². The third-order valence-electron chi connectivity index (χ3n) is 3.64. The molecule has 0 radical (unpaired) electrons. The number of nitrogens with one attached hydrogen (secondary N) is 1. The van der Waals surface area contributed by atoms with Crippen molar-refractivity contribution < 1.29 is 0 Å². The minimum atomic E-state index is 0.311. The summed E-state index contributed by atoms with van der Waals surface area (Å²) in [6, 6.07) is 4.43. The fraction of sp³-hybridized carbons (Fsp3) is 0.667. The first-order valence-corrected chi connectivity index (χ1v) is 9.54. The molecule has 0 aliphatic carbocycles. The van der Waals surface area contributed by atoms with Crippen molar-refractivity contribution in [2.45, 2.75) is 43.2 Å². The van der Waals surface area contributed by atoms with Crippen LogP contribution in [0, 0.1) is 0 Å². The molecule has 3 unspecified atom stereocenters. The SMILES string of the molecule is CCCNC(c1cccnc1N)C1SCCSC1CC. The molecule has 1 aliphatic rings. The van der Waals surface area contributed by atoms with E-state index in [0.29, 0.717) is 22.4 Å². The molecule has 0 aromatic carbocycles. The van der Waals surface area contributed by atoms with Crippen LogP contribution in [0.5, 0.6) is 0 Å². The van der Waals surface area contributed by atoms with Crippen LogP contribution in [0.3, 0.4) is 0 Å². The zero-order chi connectivity index (χ0) is 14.4. The molecular weight excluding hydrogens is 286 g/mol. The van der Waals surface area contributed by atoms with E-state index in [1.165, 1.54) is 23.5 Å². The number of nitrogens with two attached hydrogens (primary N) is 1. The number of aromatic nitrogens is 1. The molecule has 5 heteroatoms. The minimum Gasteiger partial charge on any atom is -0.383 e. The van der Waals surface area contributed by atoms with Crippen LogP contribution in [0.25, 0.3) is 0 Å². The first-order valence-electron chi connectivity index (χ1n) is 7.44. The number of thioether (sulfide) groups is 2.